The lowest BCUT2D eigenvalue weighted by Crippen LogP contribution is -2.18. The second-order valence-corrected chi connectivity index (χ2v) is 20.8. The number of allylic oxidation sites excluding steroid dienone is 1. The number of benzene rings is 12. The lowest BCUT2D eigenvalue weighted by Gasteiger charge is -2.22. The molecule has 5 nitrogen and oxygen atoms in total. The Labute approximate surface area is 449 Å². The maximum Gasteiger partial charge on any atom is 0.160 e. The molecule has 15 aromatic rings. The summed E-state index contributed by atoms with van der Waals surface area (Å²) < 4.78 is 12.0. The van der Waals surface area contributed by atoms with Gasteiger partial charge in [-0.15, -0.1) is 0 Å². The van der Waals surface area contributed by atoms with E-state index < -0.39 is 0 Å². The van der Waals surface area contributed by atoms with Crippen LogP contribution in [0.1, 0.15) is 30.0 Å². The first-order valence-electron chi connectivity index (χ1n) is 26.9. The van der Waals surface area contributed by atoms with Crippen molar-refractivity contribution in [2.45, 2.75) is 13.3 Å². The van der Waals surface area contributed by atoms with E-state index in [1.165, 1.54) is 43.1 Å². The van der Waals surface area contributed by atoms with Crippen molar-refractivity contribution in [2.24, 2.45) is 15.9 Å². The van der Waals surface area contributed by atoms with E-state index >= 15 is 0 Å². The summed E-state index contributed by atoms with van der Waals surface area (Å²) >= 11 is 0. The standard InChI is InChI=1S/C73H48N4O/c1-45-34-39-62(74-73(52-25-16-24-49(42-52)46-18-4-2-5-19-46)75-69(45)60-32-17-31-57-56-30-14-15-33-63(56)76(70(57)60)53-26-6-3-7-27-53)58-38-41-66-68(59-37-35-48-21-11-13-29-55(48)72(59)78-66)71(58)77-64-40-36-47-20-10-12-28-54(47)67(64)61-43-50-22-8-9-23-51(50)44-65(61)77/h2-33,35-45H,34H2,1H3/b62-39+,74-73-,75-69+. The van der Waals surface area contributed by atoms with Crippen LogP contribution in [0, 0.1) is 5.92 Å². The maximum absolute atomic E-state index is 7.09. The molecule has 1 aliphatic rings. The molecule has 0 radical (unpaired) electrons. The molecule has 0 aliphatic carbocycles. The highest BCUT2D eigenvalue weighted by molar-refractivity contribution is 6.27. The molecule has 1 aliphatic heterocycles. The van der Waals surface area contributed by atoms with Gasteiger partial charge in [-0.25, -0.2) is 9.98 Å². The molecule has 0 saturated heterocycles. The molecule has 78 heavy (non-hydrogen) atoms. The molecule has 16 rings (SSSR count). The molecule has 0 amide bonds. The summed E-state index contributed by atoms with van der Waals surface area (Å²) in [6.07, 6.45) is 3.06. The first-order valence-corrected chi connectivity index (χ1v) is 26.9. The van der Waals surface area contributed by atoms with E-state index in [4.69, 9.17) is 14.4 Å². The molecule has 0 bridgehead atoms. The van der Waals surface area contributed by atoms with E-state index in [-0.39, 0.29) is 5.92 Å². The predicted octanol–water partition coefficient (Wildman–Crippen LogP) is 19.2. The molecule has 12 aromatic carbocycles. The van der Waals surface area contributed by atoms with Gasteiger partial charge in [0.25, 0.3) is 0 Å². The maximum atomic E-state index is 7.09. The second-order valence-electron chi connectivity index (χ2n) is 20.8. The van der Waals surface area contributed by atoms with Gasteiger partial charge in [0.05, 0.1) is 44.5 Å². The van der Waals surface area contributed by atoms with Gasteiger partial charge in [0, 0.05) is 60.6 Å². The van der Waals surface area contributed by atoms with Crippen molar-refractivity contribution in [1.82, 2.24) is 9.13 Å². The molecule has 1 unspecified atom stereocenters. The van der Waals surface area contributed by atoms with Crippen LogP contribution in [0.5, 0.6) is 0 Å². The summed E-state index contributed by atoms with van der Waals surface area (Å²) in [4.78, 5) is 11.8. The Morgan fingerprint density at radius 3 is 1.90 bits per heavy atom. The quantitative estimate of drug-likeness (QED) is 0.164. The molecule has 0 fully saturated rings. The van der Waals surface area contributed by atoms with E-state index in [9.17, 15) is 0 Å². The summed E-state index contributed by atoms with van der Waals surface area (Å²) in [5.41, 5.74) is 15.4. The smallest absolute Gasteiger partial charge is 0.160 e. The third-order valence-corrected chi connectivity index (χ3v) is 16.3. The van der Waals surface area contributed by atoms with Gasteiger partial charge in [-0.3, -0.25) is 0 Å². The molecule has 0 saturated carbocycles. The predicted molar refractivity (Wildman–Crippen MR) is 328 cm³/mol. The van der Waals surface area contributed by atoms with Crippen molar-refractivity contribution in [1.29, 1.82) is 0 Å². The van der Waals surface area contributed by atoms with Crippen LogP contribution in [-0.2, 0) is 0 Å². The van der Waals surface area contributed by atoms with E-state index in [2.05, 4.69) is 271 Å². The number of aliphatic imine (C=N–C) groups is 2. The molecule has 3 aromatic heterocycles. The van der Waals surface area contributed by atoms with E-state index in [0.717, 1.165) is 105 Å². The average Bonchev–Trinajstić information content (AvgIpc) is 4.25. The topological polar surface area (TPSA) is 47.7 Å². The molecule has 0 N–H and O–H groups in total. The summed E-state index contributed by atoms with van der Waals surface area (Å²) in [5, 5.41) is 13.9. The fourth-order valence-corrected chi connectivity index (χ4v) is 12.7. The molecule has 5 heteroatoms. The number of rotatable bonds is 6. The molecular weight excluding hydrogens is 949 g/mol. The summed E-state index contributed by atoms with van der Waals surface area (Å²) in [6.45, 7) is 2.33. The zero-order valence-corrected chi connectivity index (χ0v) is 42.7. The van der Waals surface area contributed by atoms with Crippen LogP contribution in [0.3, 0.4) is 0 Å². The Kier molecular flexibility index (Phi) is 9.91. The third-order valence-electron chi connectivity index (χ3n) is 16.3. The molecular formula is C73H48N4O. The Morgan fingerprint density at radius 1 is 0.410 bits per heavy atom. The number of fused-ring (bicyclic) bond motifs is 14. The largest absolute Gasteiger partial charge is 0.455 e. The molecule has 0 spiro atoms. The van der Waals surface area contributed by atoms with E-state index in [0.29, 0.717) is 12.3 Å². The number of aromatic nitrogens is 2. The van der Waals surface area contributed by atoms with Crippen LogP contribution in [0.4, 0.5) is 0 Å². The van der Waals surface area contributed by atoms with E-state index in [1.54, 1.807) is 0 Å². The van der Waals surface area contributed by atoms with Crippen molar-refractivity contribution in [3.05, 3.63) is 271 Å². The highest BCUT2D eigenvalue weighted by Gasteiger charge is 2.28. The normalized spacial score (nSPS) is 16.3. The first-order chi connectivity index (χ1) is 38.6. The molecule has 4 heterocycles. The highest BCUT2D eigenvalue weighted by atomic mass is 16.3. The van der Waals surface area contributed by atoms with Gasteiger partial charge in [0.15, 0.2) is 5.84 Å². The zero-order chi connectivity index (χ0) is 51.4. The van der Waals surface area contributed by atoms with Gasteiger partial charge in [-0.1, -0.05) is 201 Å². The number of amidine groups is 1. The lowest BCUT2D eigenvalue weighted by molar-refractivity contribution is 0.672. The fraction of sp³-hybridized carbons (Fsp3) is 0.0411. The zero-order valence-electron chi connectivity index (χ0n) is 42.7. The van der Waals surface area contributed by atoms with Crippen LogP contribution in [0.2, 0.25) is 0 Å². The fourth-order valence-electron chi connectivity index (χ4n) is 12.7. The van der Waals surface area contributed by atoms with Crippen LogP contribution in [0.15, 0.2) is 269 Å². The van der Waals surface area contributed by atoms with Crippen molar-refractivity contribution >= 4 is 115 Å². The van der Waals surface area contributed by atoms with Crippen molar-refractivity contribution in [3.63, 3.8) is 0 Å². The first kappa shape index (κ1) is 44.2. The van der Waals surface area contributed by atoms with Crippen molar-refractivity contribution < 1.29 is 4.42 Å². The van der Waals surface area contributed by atoms with Gasteiger partial charge in [-0.05, 0) is 105 Å². The van der Waals surface area contributed by atoms with Gasteiger partial charge >= 0.3 is 0 Å². The SMILES string of the molecule is CC1C/C=C(c2ccc3oc4c5ccccc5ccc4c3c2-n2c3cc4ccccc4cc3c3c4ccccc4ccc32)/N=C(c2cccc(-c3ccccc3)c2)\N=C/1c1cccc2c3ccccc3n(-c3ccccc3)c12. The minimum absolute atomic E-state index is 0.0186. The van der Waals surface area contributed by atoms with Crippen LogP contribution >= 0.6 is 0 Å². The minimum Gasteiger partial charge on any atom is -0.455 e. The highest BCUT2D eigenvalue weighted by Crippen LogP contribution is 2.47. The third kappa shape index (κ3) is 6.81. The average molecular weight is 997 g/mol. The Morgan fingerprint density at radius 2 is 1.06 bits per heavy atom. The summed E-state index contributed by atoms with van der Waals surface area (Å²) in [5.74, 6) is 0.628. The van der Waals surface area contributed by atoms with Crippen molar-refractivity contribution in [3.8, 4) is 22.5 Å². The Hall–Kier alpha value is -10.1. The monoisotopic (exact) mass is 996 g/mol. The second kappa shape index (κ2) is 17.5. The van der Waals surface area contributed by atoms with E-state index in [1.807, 2.05) is 0 Å². The van der Waals surface area contributed by atoms with Gasteiger partial charge in [0.2, 0.25) is 0 Å². The Bertz CT molecular complexity index is 5070. The number of nitrogens with zero attached hydrogens (tertiary/aromatic N) is 4. The molecule has 366 valence electrons. The van der Waals surface area contributed by atoms with Crippen LogP contribution in [-0.4, -0.2) is 20.7 Å². The van der Waals surface area contributed by atoms with Gasteiger partial charge < -0.3 is 13.6 Å². The number of furan rings is 1. The number of hydrogen-bond donors (Lipinski definition) is 0. The minimum atomic E-state index is -0.0186. The van der Waals surface area contributed by atoms with Crippen LogP contribution < -0.4 is 0 Å². The summed E-state index contributed by atoms with van der Waals surface area (Å²) in [7, 11) is 0. The van der Waals surface area contributed by atoms with Gasteiger partial charge in [0.1, 0.15) is 11.2 Å². The Balaban J connectivity index is 1.02. The number of para-hydroxylation sites is 3. The van der Waals surface area contributed by atoms with Crippen LogP contribution in [0.25, 0.3) is 126 Å². The molecule has 1 atom stereocenters. The van der Waals surface area contributed by atoms with Crippen molar-refractivity contribution in [2.75, 3.05) is 0 Å². The lowest BCUT2D eigenvalue weighted by atomic mass is 9.91. The summed E-state index contributed by atoms with van der Waals surface area (Å²) in [6, 6.07) is 89.8. The number of hydrogen-bond acceptors (Lipinski definition) is 3. The van der Waals surface area contributed by atoms with Gasteiger partial charge in [-0.2, -0.15) is 0 Å².